The Morgan fingerprint density at radius 2 is 1.58 bits per heavy atom. The molecular weight excluding hydrogens is 469 g/mol. The molecule has 4 nitrogen and oxygen atoms in total. The Labute approximate surface area is 193 Å². The Morgan fingerprint density at radius 1 is 0.879 bits per heavy atom. The molecule has 0 saturated heterocycles. The lowest BCUT2D eigenvalue weighted by molar-refractivity contribution is -0.137. The van der Waals surface area contributed by atoms with Gasteiger partial charge in [-0.05, 0) is 37.3 Å². The minimum atomic E-state index is -4.52. The number of aryl methyl sites for hydroxylation is 1. The largest absolute Gasteiger partial charge is 0.416 e. The molecule has 0 bridgehead atoms. The predicted octanol–water partition coefficient (Wildman–Crippen LogP) is 6.45. The molecule has 4 rings (SSSR count). The summed E-state index contributed by atoms with van der Waals surface area (Å²) in [5.74, 6) is 0.271. The lowest BCUT2D eigenvalue weighted by Gasteiger charge is -2.12. The maximum Gasteiger partial charge on any atom is 0.416 e. The van der Waals surface area contributed by atoms with Crippen LogP contribution in [-0.2, 0) is 16.0 Å². The smallest absolute Gasteiger partial charge is 0.235 e. The SMILES string of the molecule is Cc1ccc(S(=O)(=O)c2cnc(-c3ccccc3)nc2Sc2cccc(C(F)(F)F)c2)cc1. The lowest BCUT2D eigenvalue weighted by Crippen LogP contribution is -2.07. The molecule has 1 heterocycles. The number of halogens is 3. The van der Waals surface area contributed by atoms with Gasteiger partial charge in [-0.15, -0.1) is 0 Å². The van der Waals surface area contributed by atoms with Gasteiger partial charge < -0.3 is 0 Å². The van der Waals surface area contributed by atoms with Crippen molar-refractivity contribution in [3.8, 4) is 11.4 Å². The molecule has 0 N–H and O–H groups in total. The zero-order valence-electron chi connectivity index (χ0n) is 17.2. The number of aromatic nitrogens is 2. The van der Waals surface area contributed by atoms with Crippen LogP contribution >= 0.6 is 11.8 Å². The zero-order valence-corrected chi connectivity index (χ0v) is 18.9. The van der Waals surface area contributed by atoms with Crippen molar-refractivity contribution in [1.29, 1.82) is 0 Å². The van der Waals surface area contributed by atoms with Gasteiger partial charge in [0.2, 0.25) is 9.84 Å². The molecule has 33 heavy (non-hydrogen) atoms. The highest BCUT2D eigenvalue weighted by Crippen LogP contribution is 2.37. The minimum Gasteiger partial charge on any atom is -0.235 e. The summed E-state index contributed by atoms with van der Waals surface area (Å²) in [6, 6.07) is 19.9. The summed E-state index contributed by atoms with van der Waals surface area (Å²) in [4.78, 5) is 8.75. The van der Waals surface area contributed by atoms with Gasteiger partial charge in [0.25, 0.3) is 0 Å². The topological polar surface area (TPSA) is 59.9 Å². The molecule has 0 aliphatic heterocycles. The molecule has 0 unspecified atom stereocenters. The van der Waals surface area contributed by atoms with Crippen LogP contribution < -0.4 is 0 Å². The minimum absolute atomic E-state index is 0.0451. The monoisotopic (exact) mass is 486 g/mol. The Balaban J connectivity index is 1.84. The van der Waals surface area contributed by atoms with E-state index in [1.807, 2.05) is 13.0 Å². The maximum absolute atomic E-state index is 13.4. The van der Waals surface area contributed by atoms with E-state index in [0.29, 0.717) is 5.56 Å². The molecule has 0 radical (unpaired) electrons. The van der Waals surface area contributed by atoms with Crippen LogP contribution in [0.5, 0.6) is 0 Å². The number of rotatable bonds is 5. The van der Waals surface area contributed by atoms with Crippen LogP contribution in [0.25, 0.3) is 11.4 Å². The molecule has 0 atom stereocenters. The van der Waals surface area contributed by atoms with Gasteiger partial charge in [0.15, 0.2) is 5.82 Å². The summed E-state index contributed by atoms with van der Waals surface area (Å²) in [6.07, 6.45) is -3.31. The molecular formula is C24H17F3N2O2S2. The van der Waals surface area contributed by atoms with Crippen LogP contribution in [0.15, 0.2) is 105 Å². The highest BCUT2D eigenvalue weighted by Gasteiger charge is 2.31. The number of benzene rings is 3. The molecule has 1 aromatic heterocycles. The molecule has 0 fully saturated rings. The molecule has 4 aromatic rings. The fourth-order valence-electron chi connectivity index (χ4n) is 3.03. The van der Waals surface area contributed by atoms with Crippen molar-refractivity contribution >= 4 is 21.6 Å². The second-order valence-electron chi connectivity index (χ2n) is 7.17. The second kappa shape index (κ2) is 8.99. The highest BCUT2D eigenvalue weighted by atomic mass is 32.2. The van der Waals surface area contributed by atoms with E-state index in [-0.39, 0.29) is 25.5 Å². The summed E-state index contributed by atoms with van der Waals surface area (Å²) in [5, 5.41) is 0.0451. The summed E-state index contributed by atoms with van der Waals surface area (Å²) < 4.78 is 66.3. The number of sulfone groups is 1. The standard InChI is InChI=1S/C24H17F3N2O2S2/c1-16-10-12-20(13-11-16)33(30,31)21-15-28-22(17-6-3-2-4-7-17)29-23(21)32-19-9-5-8-18(14-19)24(25,26)27/h2-15H,1H3. The zero-order chi connectivity index (χ0) is 23.6. The molecule has 0 aliphatic rings. The number of hydrogen-bond donors (Lipinski definition) is 0. The Morgan fingerprint density at radius 3 is 2.24 bits per heavy atom. The second-order valence-corrected chi connectivity index (χ2v) is 10.2. The molecule has 3 aromatic carbocycles. The van der Waals surface area contributed by atoms with Crippen LogP contribution in [0.1, 0.15) is 11.1 Å². The van der Waals surface area contributed by atoms with E-state index < -0.39 is 21.6 Å². The van der Waals surface area contributed by atoms with Crippen molar-refractivity contribution in [3.05, 3.63) is 96.2 Å². The van der Waals surface area contributed by atoms with Gasteiger partial charge in [0.1, 0.15) is 9.92 Å². The number of hydrogen-bond acceptors (Lipinski definition) is 5. The Bertz CT molecular complexity index is 1390. The Kier molecular flexibility index (Phi) is 6.27. The first-order valence-corrected chi connectivity index (χ1v) is 12.0. The number of nitrogens with zero attached hydrogens (tertiary/aromatic N) is 2. The van der Waals surface area contributed by atoms with Gasteiger partial charge >= 0.3 is 6.18 Å². The van der Waals surface area contributed by atoms with Crippen LogP contribution in [-0.4, -0.2) is 18.4 Å². The van der Waals surface area contributed by atoms with Crippen LogP contribution in [0.3, 0.4) is 0 Å². The van der Waals surface area contributed by atoms with Crippen molar-refractivity contribution < 1.29 is 21.6 Å². The first kappa shape index (κ1) is 23.0. The van der Waals surface area contributed by atoms with E-state index in [2.05, 4.69) is 9.97 Å². The van der Waals surface area contributed by atoms with Gasteiger partial charge in [0.05, 0.1) is 16.7 Å². The first-order chi connectivity index (χ1) is 15.6. The van der Waals surface area contributed by atoms with E-state index >= 15 is 0 Å². The molecule has 0 spiro atoms. The van der Waals surface area contributed by atoms with E-state index in [1.54, 1.807) is 36.4 Å². The quantitative estimate of drug-likeness (QED) is 0.303. The van der Waals surface area contributed by atoms with E-state index in [9.17, 15) is 21.6 Å². The predicted molar refractivity (Wildman–Crippen MR) is 120 cm³/mol. The highest BCUT2D eigenvalue weighted by molar-refractivity contribution is 8.00. The van der Waals surface area contributed by atoms with Crippen LogP contribution in [0.2, 0.25) is 0 Å². The van der Waals surface area contributed by atoms with Gasteiger partial charge in [-0.1, -0.05) is 65.9 Å². The van der Waals surface area contributed by atoms with Crippen LogP contribution in [0.4, 0.5) is 13.2 Å². The van der Waals surface area contributed by atoms with Gasteiger partial charge in [-0.2, -0.15) is 13.2 Å². The number of alkyl halides is 3. The van der Waals surface area contributed by atoms with Gasteiger partial charge in [-0.25, -0.2) is 18.4 Å². The van der Waals surface area contributed by atoms with Crippen molar-refractivity contribution in [1.82, 2.24) is 9.97 Å². The molecule has 168 valence electrons. The average Bonchev–Trinajstić information content (AvgIpc) is 2.79. The fraction of sp³-hybridized carbons (Fsp3) is 0.0833. The van der Waals surface area contributed by atoms with Crippen molar-refractivity contribution in [2.75, 3.05) is 0 Å². The summed E-state index contributed by atoms with van der Waals surface area (Å²) in [7, 11) is -4.01. The summed E-state index contributed by atoms with van der Waals surface area (Å²) >= 11 is 0.848. The van der Waals surface area contributed by atoms with Gasteiger partial charge in [-0.3, -0.25) is 0 Å². The molecule has 0 aliphatic carbocycles. The third-order valence-electron chi connectivity index (χ3n) is 4.75. The maximum atomic E-state index is 13.4. The molecule has 0 amide bonds. The molecule has 0 saturated carbocycles. The van der Waals surface area contributed by atoms with E-state index in [4.69, 9.17) is 0 Å². The van der Waals surface area contributed by atoms with Crippen molar-refractivity contribution in [3.63, 3.8) is 0 Å². The van der Waals surface area contributed by atoms with Crippen LogP contribution in [0, 0.1) is 6.92 Å². The lowest BCUT2D eigenvalue weighted by atomic mass is 10.2. The summed E-state index contributed by atoms with van der Waals surface area (Å²) in [6.45, 7) is 1.84. The third-order valence-corrected chi connectivity index (χ3v) is 7.64. The fourth-order valence-corrected chi connectivity index (χ4v) is 5.54. The van der Waals surface area contributed by atoms with E-state index in [1.165, 1.54) is 30.5 Å². The normalized spacial score (nSPS) is 12.0. The summed E-state index contributed by atoms with van der Waals surface area (Å²) in [5.41, 5.74) is 0.721. The third kappa shape index (κ3) is 5.09. The van der Waals surface area contributed by atoms with E-state index in [0.717, 1.165) is 29.5 Å². The molecule has 9 heteroatoms. The average molecular weight is 487 g/mol. The Hall–Kier alpha value is -3.17. The van der Waals surface area contributed by atoms with Crippen molar-refractivity contribution in [2.24, 2.45) is 0 Å². The van der Waals surface area contributed by atoms with Gasteiger partial charge in [0, 0.05) is 10.5 Å². The first-order valence-electron chi connectivity index (χ1n) is 9.74. The van der Waals surface area contributed by atoms with Crippen molar-refractivity contribution in [2.45, 2.75) is 32.8 Å².